The number of aromatic nitrogens is 3. The molecule has 0 saturated carbocycles. The van der Waals surface area contributed by atoms with Gasteiger partial charge in [0.1, 0.15) is 0 Å². The Morgan fingerprint density at radius 2 is 1.96 bits per heavy atom. The topological polar surface area (TPSA) is 71.8 Å². The molecule has 1 aliphatic heterocycles. The van der Waals surface area contributed by atoms with Crippen molar-refractivity contribution in [1.82, 2.24) is 20.1 Å². The van der Waals surface area contributed by atoms with Gasteiger partial charge in [-0.1, -0.05) is 18.2 Å². The number of aryl methyl sites for hydroxylation is 3. The van der Waals surface area contributed by atoms with E-state index in [-0.39, 0.29) is 5.91 Å². The van der Waals surface area contributed by atoms with E-state index in [1.165, 1.54) is 0 Å². The molecule has 2 N–H and O–H groups in total. The Kier molecular flexibility index (Phi) is 4.94. The summed E-state index contributed by atoms with van der Waals surface area (Å²) < 4.78 is 1.67. The highest BCUT2D eigenvalue weighted by Gasteiger charge is 2.21. The molecule has 2 heterocycles. The number of rotatable bonds is 4. The summed E-state index contributed by atoms with van der Waals surface area (Å²) in [5.41, 5.74) is 3.35. The Hall–Kier alpha value is -2.21. The smallest absolute Gasteiger partial charge is 0.231 e. The minimum Gasteiger partial charge on any atom is -0.317 e. The molecule has 0 spiro atoms. The zero-order chi connectivity index (χ0) is 17.1. The number of hydrogen-bond acceptors (Lipinski definition) is 4. The van der Waals surface area contributed by atoms with Crippen LogP contribution in [0.2, 0.25) is 0 Å². The summed E-state index contributed by atoms with van der Waals surface area (Å²) in [5, 5.41) is 10.7. The number of piperidine rings is 1. The third-order valence-electron chi connectivity index (χ3n) is 4.72. The van der Waals surface area contributed by atoms with Crippen LogP contribution in [0.4, 0.5) is 5.95 Å². The first kappa shape index (κ1) is 16.6. The van der Waals surface area contributed by atoms with Crippen molar-refractivity contribution in [3.63, 3.8) is 0 Å². The number of amides is 1. The molecular weight excluding hydrogens is 302 g/mol. The van der Waals surface area contributed by atoms with Crippen LogP contribution in [-0.2, 0) is 18.3 Å². The van der Waals surface area contributed by atoms with Crippen LogP contribution in [0.15, 0.2) is 18.2 Å². The number of hydrogen-bond donors (Lipinski definition) is 2. The Morgan fingerprint density at radius 3 is 2.62 bits per heavy atom. The number of carbonyl (C=O) groups excluding carboxylic acids is 1. The summed E-state index contributed by atoms with van der Waals surface area (Å²) in [4.78, 5) is 17.0. The average Bonchev–Trinajstić information content (AvgIpc) is 2.93. The van der Waals surface area contributed by atoms with E-state index < -0.39 is 0 Å². The zero-order valence-corrected chi connectivity index (χ0v) is 14.6. The van der Waals surface area contributed by atoms with Crippen molar-refractivity contribution in [1.29, 1.82) is 0 Å². The molecule has 128 valence electrons. The first-order valence-corrected chi connectivity index (χ1v) is 8.51. The van der Waals surface area contributed by atoms with E-state index in [9.17, 15) is 4.79 Å². The maximum Gasteiger partial charge on any atom is 0.231 e. The van der Waals surface area contributed by atoms with Crippen molar-refractivity contribution in [2.45, 2.75) is 39.0 Å². The normalized spacial score (nSPS) is 15.5. The minimum absolute atomic E-state index is 0.0558. The summed E-state index contributed by atoms with van der Waals surface area (Å²) in [7, 11) is 1.83. The van der Waals surface area contributed by atoms with E-state index in [2.05, 4.69) is 20.7 Å². The fourth-order valence-electron chi connectivity index (χ4n) is 3.22. The fraction of sp³-hybridized carbons (Fsp3) is 0.500. The molecule has 6 heteroatoms. The van der Waals surface area contributed by atoms with Gasteiger partial charge in [0.25, 0.3) is 0 Å². The van der Waals surface area contributed by atoms with Crippen molar-refractivity contribution < 1.29 is 4.79 Å². The lowest BCUT2D eigenvalue weighted by Gasteiger charge is -2.19. The molecule has 0 radical (unpaired) electrons. The van der Waals surface area contributed by atoms with Gasteiger partial charge in [-0.05, 0) is 56.5 Å². The molecule has 0 aliphatic carbocycles. The Morgan fingerprint density at radius 1 is 1.29 bits per heavy atom. The second kappa shape index (κ2) is 7.13. The Bertz CT molecular complexity index is 711. The molecule has 1 aliphatic rings. The van der Waals surface area contributed by atoms with E-state index in [0.29, 0.717) is 18.3 Å². The quantitative estimate of drug-likeness (QED) is 0.902. The predicted octanol–water partition coefficient (Wildman–Crippen LogP) is 2.08. The van der Waals surface area contributed by atoms with Crippen molar-refractivity contribution in [2.75, 3.05) is 18.4 Å². The third-order valence-corrected chi connectivity index (χ3v) is 4.72. The van der Waals surface area contributed by atoms with E-state index in [1.807, 2.05) is 39.1 Å². The predicted molar refractivity (Wildman–Crippen MR) is 94.1 cm³/mol. The van der Waals surface area contributed by atoms with Crippen molar-refractivity contribution in [2.24, 2.45) is 7.05 Å². The minimum atomic E-state index is -0.0558. The average molecular weight is 327 g/mol. The monoisotopic (exact) mass is 327 g/mol. The molecular formula is C18H25N5O. The highest BCUT2D eigenvalue weighted by molar-refractivity contribution is 5.91. The number of anilines is 1. The highest BCUT2D eigenvalue weighted by atomic mass is 16.1. The van der Waals surface area contributed by atoms with Gasteiger partial charge in [-0.3, -0.25) is 10.1 Å². The largest absolute Gasteiger partial charge is 0.317 e. The lowest BCUT2D eigenvalue weighted by Crippen LogP contribution is -2.27. The van der Waals surface area contributed by atoms with Crippen LogP contribution in [0.5, 0.6) is 0 Å². The maximum absolute atomic E-state index is 12.4. The van der Waals surface area contributed by atoms with Crippen LogP contribution in [-0.4, -0.2) is 33.8 Å². The lowest BCUT2D eigenvalue weighted by atomic mass is 9.98. The number of nitrogens with zero attached hydrogens (tertiary/aromatic N) is 3. The van der Waals surface area contributed by atoms with Crippen molar-refractivity contribution >= 4 is 11.9 Å². The van der Waals surface area contributed by atoms with E-state index in [4.69, 9.17) is 0 Å². The molecule has 1 aromatic heterocycles. The molecule has 1 fully saturated rings. The summed E-state index contributed by atoms with van der Waals surface area (Å²) in [6, 6.07) is 6.08. The number of carbonyl (C=O) groups is 1. The molecule has 3 rings (SSSR count). The first-order valence-electron chi connectivity index (χ1n) is 8.51. The Labute approximate surface area is 142 Å². The van der Waals surface area contributed by atoms with Gasteiger partial charge in [-0.25, -0.2) is 4.68 Å². The fourth-order valence-corrected chi connectivity index (χ4v) is 3.22. The second-order valence-corrected chi connectivity index (χ2v) is 6.54. The Balaban J connectivity index is 1.69. The van der Waals surface area contributed by atoms with E-state index in [1.54, 1.807) is 4.68 Å². The summed E-state index contributed by atoms with van der Waals surface area (Å²) in [6.07, 6.45) is 2.44. The van der Waals surface area contributed by atoms with Gasteiger partial charge in [0, 0.05) is 13.0 Å². The van der Waals surface area contributed by atoms with Crippen LogP contribution in [0.3, 0.4) is 0 Å². The highest BCUT2D eigenvalue weighted by Crippen LogP contribution is 2.23. The van der Waals surface area contributed by atoms with Gasteiger partial charge < -0.3 is 5.32 Å². The van der Waals surface area contributed by atoms with Gasteiger partial charge in [0.05, 0.1) is 6.42 Å². The maximum atomic E-state index is 12.4. The molecule has 1 amide bonds. The van der Waals surface area contributed by atoms with E-state index >= 15 is 0 Å². The van der Waals surface area contributed by atoms with Crippen LogP contribution in [0.25, 0.3) is 0 Å². The molecule has 2 aromatic rings. The molecule has 1 saturated heterocycles. The molecule has 0 unspecified atom stereocenters. The molecule has 0 bridgehead atoms. The van der Waals surface area contributed by atoms with Crippen LogP contribution in [0, 0.1) is 13.8 Å². The van der Waals surface area contributed by atoms with Crippen LogP contribution in [0.1, 0.15) is 41.3 Å². The summed E-state index contributed by atoms with van der Waals surface area (Å²) in [5.74, 6) is 1.68. The lowest BCUT2D eigenvalue weighted by molar-refractivity contribution is -0.115. The van der Waals surface area contributed by atoms with Crippen molar-refractivity contribution in [3.05, 3.63) is 40.7 Å². The summed E-state index contributed by atoms with van der Waals surface area (Å²) >= 11 is 0. The van der Waals surface area contributed by atoms with Crippen LogP contribution < -0.4 is 10.6 Å². The first-order chi connectivity index (χ1) is 11.5. The van der Waals surface area contributed by atoms with E-state index in [0.717, 1.165) is 48.4 Å². The van der Waals surface area contributed by atoms with Crippen LogP contribution >= 0.6 is 0 Å². The molecule has 0 atom stereocenters. The summed E-state index contributed by atoms with van der Waals surface area (Å²) in [6.45, 7) is 6.06. The SMILES string of the molecule is Cc1cccc(C)c1CC(=O)Nc1nc(C2CCNCC2)nn1C. The van der Waals surface area contributed by atoms with Gasteiger partial charge in [-0.15, -0.1) is 0 Å². The van der Waals surface area contributed by atoms with Gasteiger partial charge in [-0.2, -0.15) is 10.1 Å². The second-order valence-electron chi connectivity index (χ2n) is 6.54. The molecule has 24 heavy (non-hydrogen) atoms. The zero-order valence-electron chi connectivity index (χ0n) is 14.6. The number of nitrogens with one attached hydrogen (secondary N) is 2. The van der Waals surface area contributed by atoms with Gasteiger partial charge >= 0.3 is 0 Å². The van der Waals surface area contributed by atoms with Gasteiger partial charge in [0.2, 0.25) is 11.9 Å². The number of benzene rings is 1. The molecule has 1 aromatic carbocycles. The molecule has 6 nitrogen and oxygen atoms in total. The van der Waals surface area contributed by atoms with Crippen molar-refractivity contribution in [3.8, 4) is 0 Å². The third kappa shape index (κ3) is 3.64. The standard InChI is InChI=1S/C18H25N5O/c1-12-5-4-6-13(2)15(12)11-16(24)20-18-21-17(22-23(18)3)14-7-9-19-10-8-14/h4-6,14,19H,7-11H2,1-3H3,(H,20,21,22,24). The van der Waals surface area contributed by atoms with Gasteiger partial charge in [0.15, 0.2) is 5.82 Å².